The molecule has 0 N–H and O–H groups in total. The van der Waals surface area contributed by atoms with Crippen molar-refractivity contribution in [2.45, 2.75) is 0 Å². The highest BCUT2D eigenvalue weighted by atomic mass is 16.5. The third-order valence-corrected chi connectivity index (χ3v) is 4.37. The number of ether oxygens (including phenoxy) is 1. The fraction of sp³-hybridized carbons (Fsp3) is 0.136. The third-order valence-electron chi connectivity index (χ3n) is 4.37. The van der Waals surface area contributed by atoms with E-state index in [-0.39, 0.29) is 0 Å². The van der Waals surface area contributed by atoms with Crippen LogP contribution in [-0.2, 0) is 0 Å². The highest BCUT2D eigenvalue weighted by molar-refractivity contribution is 5.73. The summed E-state index contributed by atoms with van der Waals surface area (Å²) in [6, 6.07) is 20.8. The van der Waals surface area contributed by atoms with E-state index in [9.17, 15) is 0 Å². The molecule has 1 aliphatic heterocycles. The lowest BCUT2D eigenvalue weighted by atomic mass is 10.0. The third kappa shape index (κ3) is 3.56. The Morgan fingerprint density at radius 3 is 2.64 bits per heavy atom. The van der Waals surface area contributed by atoms with Crippen LogP contribution in [0.5, 0.6) is 5.75 Å². The summed E-state index contributed by atoms with van der Waals surface area (Å²) in [6.07, 6.45) is 8.03. The molecule has 0 saturated carbocycles. The van der Waals surface area contributed by atoms with E-state index in [0.717, 1.165) is 31.1 Å². The standard InChI is InChI=1S/C22H20N2O/c1-2-5-18(6-3-1)7-4-14-24-15-16-25-22-9-8-20(17-21(22)24)19-10-12-23-13-11-19/h1-13,17H,14-16H2/b7-4+. The molecule has 0 saturated heterocycles. The summed E-state index contributed by atoms with van der Waals surface area (Å²) in [7, 11) is 0. The second-order valence-electron chi connectivity index (χ2n) is 6.03. The molecule has 1 aliphatic rings. The summed E-state index contributed by atoms with van der Waals surface area (Å²) < 4.78 is 5.83. The quantitative estimate of drug-likeness (QED) is 0.696. The predicted octanol–water partition coefficient (Wildman–Crippen LogP) is 4.66. The Labute approximate surface area is 148 Å². The van der Waals surface area contributed by atoms with Gasteiger partial charge in [-0.05, 0) is 41.0 Å². The molecule has 124 valence electrons. The van der Waals surface area contributed by atoms with Gasteiger partial charge in [-0.2, -0.15) is 0 Å². The predicted molar refractivity (Wildman–Crippen MR) is 103 cm³/mol. The van der Waals surface area contributed by atoms with Crippen molar-refractivity contribution < 1.29 is 4.74 Å². The highest BCUT2D eigenvalue weighted by Crippen LogP contribution is 2.35. The molecule has 0 radical (unpaired) electrons. The Hall–Kier alpha value is -3.07. The normalized spacial score (nSPS) is 13.5. The van der Waals surface area contributed by atoms with Gasteiger partial charge in [0, 0.05) is 18.9 Å². The molecule has 0 unspecified atom stereocenters. The van der Waals surface area contributed by atoms with Crippen molar-refractivity contribution in [1.29, 1.82) is 0 Å². The van der Waals surface area contributed by atoms with E-state index in [1.165, 1.54) is 16.7 Å². The summed E-state index contributed by atoms with van der Waals surface area (Å²) in [5.74, 6) is 0.956. The van der Waals surface area contributed by atoms with Gasteiger partial charge in [-0.1, -0.05) is 48.6 Å². The zero-order valence-corrected chi connectivity index (χ0v) is 14.0. The lowest BCUT2D eigenvalue weighted by Gasteiger charge is -2.30. The van der Waals surface area contributed by atoms with Crippen LogP contribution in [0, 0.1) is 0 Å². The van der Waals surface area contributed by atoms with E-state index in [4.69, 9.17) is 4.74 Å². The van der Waals surface area contributed by atoms with Crippen LogP contribution < -0.4 is 9.64 Å². The maximum atomic E-state index is 5.83. The Morgan fingerprint density at radius 2 is 1.80 bits per heavy atom. The molecular formula is C22H20N2O. The van der Waals surface area contributed by atoms with Crippen LogP contribution in [0.4, 0.5) is 5.69 Å². The van der Waals surface area contributed by atoms with Crippen molar-refractivity contribution >= 4 is 11.8 Å². The summed E-state index contributed by atoms with van der Waals surface area (Å²) in [4.78, 5) is 6.46. The molecule has 3 aromatic rings. The van der Waals surface area contributed by atoms with Gasteiger partial charge in [0.2, 0.25) is 0 Å². The lowest BCUT2D eigenvalue weighted by Crippen LogP contribution is -2.32. The van der Waals surface area contributed by atoms with E-state index in [2.05, 4.69) is 64.5 Å². The Balaban J connectivity index is 1.57. The van der Waals surface area contributed by atoms with Gasteiger partial charge >= 0.3 is 0 Å². The molecule has 4 rings (SSSR count). The molecule has 3 heteroatoms. The van der Waals surface area contributed by atoms with Crippen molar-refractivity contribution in [3.05, 3.63) is 84.7 Å². The van der Waals surface area contributed by atoms with Gasteiger partial charge in [0.05, 0.1) is 12.2 Å². The smallest absolute Gasteiger partial charge is 0.142 e. The molecule has 2 aromatic carbocycles. The van der Waals surface area contributed by atoms with E-state index in [0.29, 0.717) is 0 Å². The molecule has 3 nitrogen and oxygen atoms in total. The van der Waals surface area contributed by atoms with Crippen LogP contribution in [0.3, 0.4) is 0 Å². The van der Waals surface area contributed by atoms with Crippen molar-refractivity contribution in [3.8, 4) is 16.9 Å². The molecule has 0 spiro atoms. The van der Waals surface area contributed by atoms with Crippen LogP contribution in [0.2, 0.25) is 0 Å². The first-order valence-corrected chi connectivity index (χ1v) is 8.54. The highest BCUT2D eigenvalue weighted by Gasteiger charge is 2.17. The maximum absolute atomic E-state index is 5.83. The first-order chi connectivity index (χ1) is 12.4. The van der Waals surface area contributed by atoms with Crippen molar-refractivity contribution in [2.75, 3.05) is 24.6 Å². The van der Waals surface area contributed by atoms with E-state index >= 15 is 0 Å². The van der Waals surface area contributed by atoms with Gasteiger partial charge in [-0.3, -0.25) is 4.98 Å². The number of pyridine rings is 1. The minimum absolute atomic E-state index is 0.723. The molecule has 0 aliphatic carbocycles. The number of hydrogen-bond acceptors (Lipinski definition) is 3. The van der Waals surface area contributed by atoms with Gasteiger partial charge in [-0.25, -0.2) is 0 Å². The van der Waals surface area contributed by atoms with Crippen molar-refractivity contribution in [1.82, 2.24) is 4.98 Å². The monoisotopic (exact) mass is 328 g/mol. The molecule has 0 fully saturated rings. The molecule has 0 bridgehead atoms. The average Bonchev–Trinajstić information content (AvgIpc) is 2.69. The maximum Gasteiger partial charge on any atom is 0.142 e. The largest absolute Gasteiger partial charge is 0.490 e. The lowest BCUT2D eigenvalue weighted by molar-refractivity contribution is 0.309. The molecular weight excluding hydrogens is 308 g/mol. The van der Waals surface area contributed by atoms with E-state index in [1.54, 1.807) is 0 Å². The van der Waals surface area contributed by atoms with Gasteiger partial charge < -0.3 is 9.64 Å². The summed E-state index contributed by atoms with van der Waals surface area (Å²) in [5, 5.41) is 0. The molecule has 25 heavy (non-hydrogen) atoms. The number of aromatic nitrogens is 1. The zero-order chi connectivity index (χ0) is 16.9. The van der Waals surface area contributed by atoms with Crippen LogP contribution in [0.1, 0.15) is 5.56 Å². The molecule has 1 aromatic heterocycles. The van der Waals surface area contributed by atoms with Crippen LogP contribution in [-0.4, -0.2) is 24.7 Å². The Kier molecular flexibility index (Phi) is 4.46. The first kappa shape index (κ1) is 15.5. The van der Waals surface area contributed by atoms with Gasteiger partial charge in [-0.15, -0.1) is 0 Å². The second-order valence-corrected chi connectivity index (χ2v) is 6.03. The van der Waals surface area contributed by atoms with E-state index in [1.807, 2.05) is 30.6 Å². The SMILES string of the molecule is C(=C\c1ccccc1)/CN1CCOc2ccc(-c3ccncc3)cc21. The summed E-state index contributed by atoms with van der Waals surface area (Å²) in [6.45, 7) is 2.48. The number of benzene rings is 2. The van der Waals surface area contributed by atoms with Crippen molar-refractivity contribution in [3.63, 3.8) is 0 Å². The minimum atomic E-state index is 0.723. The summed E-state index contributed by atoms with van der Waals surface area (Å²) >= 11 is 0. The minimum Gasteiger partial charge on any atom is -0.490 e. The summed E-state index contributed by atoms with van der Waals surface area (Å²) in [5.41, 5.74) is 4.73. The first-order valence-electron chi connectivity index (χ1n) is 8.54. The molecule has 2 heterocycles. The van der Waals surface area contributed by atoms with Crippen LogP contribution in [0.25, 0.3) is 17.2 Å². The second kappa shape index (κ2) is 7.22. The van der Waals surface area contributed by atoms with Crippen LogP contribution in [0.15, 0.2) is 79.1 Å². The average molecular weight is 328 g/mol. The fourth-order valence-electron chi connectivity index (χ4n) is 3.07. The Bertz CT molecular complexity index is 860. The number of rotatable bonds is 4. The fourth-order valence-corrected chi connectivity index (χ4v) is 3.07. The number of nitrogens with zero attached hydrogens (tertiary/aromatic N) is 2. The topological polar surface area (TPSA) is 25.4 Å². The van der Waals surface area contributed by atoms with E-state index < -0.39 is 0 Å². The van der Waals surface area contributed by atoms with Crippen molar-refractivity contribution in [2.24, 2.45) is 0 Å². The van der Waals surface area contributed by atoms with Gasteiger partial charge in [0.25, 0.3) is 0 Å². The molecule has 0 amide bonds. The number of fused-ring (bicyclic) bond motifs is 1. The van der Waals surface area contributed by atoms with Gasteiger partial charge in [0.1, 0.15) is 12.4 Å². The molecule has 0 atom stereocenters. The number of anilines is 1. The number of hydrogen-bond donors (Lipinski definition) is 0. The van der Waals surface area contributed by atoms with Crippen LogP contribution >= 0.6 is 0 Å². The zero-order valence-electron chi connectivity index (χ0n) is 14.0. The van der Waals surface area contributed by atoms with Gasteiger partial charge in [0.15, 0.2) is 0 Å². The Morgan fingerprint density at radius 1 is 0.960 bits per heavy atom.